The zero-order chi connectivity index (χ0) is 19.3. The number of oxime groups is 1. The lowest BCUT2D eigenvalue weighted by Gasteiger charge is -2.15. The van der Waals surface area contributed by atoms with Crippen LogP contribution in [0.3, 0.4) is 0 Å². The number of aromatic nitrogens is 1. The Labute approximate surface area is 154 Å². The van der Waals surface area contributed by atoms with Crippen molar-refractivity contribution in [3.63, 3.8) is 0 Å². The third-order valence-electron chi connectivity index (χ3n) is 3.92. The average Bonchev–Trinajstić information content (AvgIpc) is 2.96. The van der Waals surface area contributed by atoms with Crippen molar-refractivity contribution in [3.8, 4) is 11.1 Å². The Morgan fingerprint density at radius 2 is 1.92 bits per heavy atom. The van der Waals surface area contributed by atoms with Crippen LogP contribution in [0.15, 0.2) is 17.3 Å². The van der Waals surface area contributed by atoms with E-state index < -0.39 is 19.2 Å². The second-order valence-electron chi connectivity index (χ2n) is 5.27. The molecule has 2 rings (SSSR count). The molecule has 0 aliphatic rings. The summed E-state index contributed by atoms with van der Waals surface area (Å²) in [6.45, 7) is 0.634. The normalized spacial score (nSPS) is 11.3. The summed E-state index contributed by atoms with van der Waals surface area (Å²) in [5.41, 5.74) is 2.05. The van der Waals surface area contributed by atoms with E-state index in [1.54, 1.807) is 19.1 Å². The lowest BCUT2D eigenvalue weighted by Crippen LogP contribution is -2.05. The Morgan fingerprint density at radius 1 is 1.23 bits per heavy atom. The number of H-pyrrole nitrogens is 1. The minimum absolute atomic E-state index is 0.0219. The van der Waals surface area contributed by atoms with Gasteiger partial charge in [-0.2, -0.15) is 0 Å². The second kappa shape index (κ2) is 8.81. The van der Waals surface area contributed by atoms with E-state index in [-0.39, 0.29) is 29.6 Å². The molecular formula is C17H19ClN2O6. The van der Waals surface area contributed by atoms with E-state index in [0.717, 1.165) is 6.21 Å². The molecule has 5 N–H and O–H groups in total. The number of rotatable bonds is 7. The molecule has 0 amide bonds. The van der Waals surface area contributed by atoms with Gasteiger partial charge in [0.2, 0.25) is 0 Å². The third-order valence-corrected chi connectivity index (χ3v) is 4.30. The van der Waals surface area contributed by atoms with E-state index >= 15 is 0 Å². The fourth-order valence-corrected chi connectivity index (χ4v) is 3.09. The molecule has 9 heteroatoms. The maximum Gasteiger partial charge on any atom is 0.356 e. The summed E-state index contributed by atoms with van der Waals surface area (Å²) in [4.78, 5) is 14.8. The number of benzene rings is 1. The van der Waals surface area contributed by atoms with Crippen molar-refractivity contribution in [1.29, 1.82) is 0 Å². The average molecular weight is 383 g/mol. The maximum absolute atomic E-state index is 12.1. The maximum atomic E-state index is 12.1. The largest absolute Gasteiger partial charge is 0.461 e. The van der Waals surface area contributed by atoms with E-state index in [0.29, 0.717) is 27.8 Å². The topological polar surface area (TPSA) is 135 Å². The van der Waals surface area contributed by atoms with E-state index in [4.69, 9.17) is 21.5 Å². The van der Waals surface area contributed by atoms with E-state index in [1.807, 2.05) is 0 Å². The highest BCUT2D eigenvalue weighted by molar-refractivity contribution is 6.37. The van der Waals surface area contributed by atoms with Gasteiger partial charge in [0.15, 0.2) is 0 Å². The zero-order valence-electron chi connectivity index (χ0n) is 14.0. The first-order valence-electron chi connectivity index (χ1n) is 7.76. The van der Waals surface area contributed by atoms with Gasteiger partial charge in [-0.15, -0.1) is 0 Å². The quantitative estimate of drug-likeness (QED) is 0.214. The van der Waals surface area contributed by atoms with Crippen molar-refractivity contribution in [1.82, 2.24) is 4.98 Å². The van der Waals surface area contributed by atoms with Gasteiger partial charge >= 0.3 is 5.97 Å². The Morgan fingerprint density at radius 3 is 2.46 bits per heavy atom. The highest BCUT2D eigenvalue weighted by Gasteiger charge is 2.25. The minimum Gasteiger partial charge on any atom is -0.461 e. The Hall–Kier alpha value is -2.39. The Balaban J connectivity index is 2.77. The van der Waals surface area contributed by atoms with Crippen LogP contribution in [-0.4, -0.2) is 44.3 Å². The summed E-state index contributed by atoms with van der Waals surface area (Å²) in [5.74, 6) is -0.684. The number of aliphatic hydroxyl groups excluding tert-OH is 3. The van der Waals surface area contributed by atoms with E-state index in [1.165, 1.54) is 0 Å². The predicted octanol–water partition coefficient (Wildman–Crippen LogP) is 1.80. The molecule has 8 nitrogen and oxygen atoms in total. The van der Waals surface area contributed by atoms with Gasteiger partial charge in [-0.3, -0.25) is 0 Å². The van der Waals surface area contributed by atoms with Gasteiger partial charge in [0.05, 0.1) is 43.4 Å². The van der Waals surface area contributed by atoms with E-state index in [2.05, 4.69) is 10.1 Å². The highest BCUT2D eigenvalue weighted by Crippen LogP contribution is 2.38. The monoisotopic (exact) mass is 382 g/mol. The number of aromatic amines is 1. The van der Waals surface area contributed by atoms with Crippen LogP contribution in [0, 0.1) is 0 Å². The summed E-state index contributed by atoms with van der Waals surface area (Å²) in [5, 5.41) is 40.8. The minimum atomic E-state index is -0.684. The SMILES string of the molecule is CCOC(=O)c1[nH]c(C=NO)c(-c2ccc(CO)c(CO)c2CO)c1Cl. The summed E-state index contributed by atoms with van der Waals surface area (Å²) in [7, 11) is 0. The van der Waals surface area contributed by atoms with Crippen molar-refractivity contribution in [2.75, 3.05) is 6.61 Å². The first kappa shape index (κ1) is 19.9. The molecule has 1 aromatic heterocycles. The smallest absolute Gasteiger partial charge is 0.356 e. The van der Waals surface area contributed by atoms with Gasteiger partial charge in [-0.1, -0.05) is 28.9 Å². The number of nitrogens with one attached hydrogen (secondary N) is 1. The lowest BCUT2D eigenvalue weighted by atomic mass is 9.92. The second-order valence-corrected chi connectivity index (χ2v) is 5.65. The zero-order valence-corrected chi connectivity index (χ0v) is 14.7. The Bertz CT molecular complexity index is 831. The van der Waals surface area contributed by atoms with Crippen molar-refractivity contribution in [2.45, 2.75) is 26.7 Å². The fourth-order valence-electron chi connectivity index (χ4n) is 2.76. The summed E-state index contributed by atoms with van der Waals surface area (Å²) >= 11 is 6.36. The van der Waals surface area contributed by atoms with Gasteiger partial charge in [0.25, 0.3) is 0 Å². The van der Waals surface area contributed by atoms with Gasteiger partial charge in [-0.05, 0) is 29.2 Å². The summed E-state index contributed by atoms with van der Waals surface area (Å²) in [6, 6.07) is 3.17. The van der Waals surface area contributed by atoms with Crippen molar-refractivity contribution in [3.05, 3.63) is 45.2 Å². The number of hydrogen-bond acceptors (Lipinski definition) is 7. The van der Waals surface area contributed by atoms with Crippen LogP contribution in [0.5, 0.6) is 0 Å². The van der Waals surface area contributed by atoms with Crippen molar-refractivity contribution in [2.24, 2.45) is 5.16 Å². The molecule has 140 valence electrons. The molecule has 0 unspecified atom stereocenters. The number of hydrogen-bond donors (Lipinski definition) is 5. The number of esters is 1. The number of halogens is 1. The molecule has 1 heterocycles. The van der Waals surface area contributed by atoms with Crippen LogP contribution in [0.4, 0.5) is 0 Å². The molecule has 0 saturated heterocycles. The fraction of sp³-hybridized carbons (Fsp3) is 0.294. The van der Waals surface area contributed by atoms with Gasteiger partial charge < -0.3 is 30.2 Å². The summed E-state index contributed by atoms with van der Waals surface area (Å²) < 4.78 is 4.95. The van der Waals surface area contributed by atoms with Crippen LogP contribution in [0.25, 0.3) is 11.1 Å². The van der Waals surface area contributed by atoms with E-state index in [9.17, 15) is 20.1 Å². The number of nitrogens with zero attached hydrogens (tertiary/aromatic N) is 1. The highest BCUT2D eigenvalue weighted by atomic mass is 35.5. The first-order valence-corrected chi connectivity index (χ1v) is 8.14. The Kier molecular flexibility index (Phi) is 6.76. The number of carbonyl (C=O) groups excluding carboxylic acids is 1. The summed E-state index contributed by atoms with van der Waals surface area (Å²) in [6.07, 6.45) is 1.06. The molecule has 0 aliphatic carbocycles. The molecule has 0 spiro atoms. The van der Waals surface area contributed by atoms with Crippen molar-refractivity contribution >= 4 is 23.8 Å². The predicted molar refractivity (Wildman–Crippen MR) is 94.3 cm³/mol. The first-order chi connectivity index (χ1) is 12.5. The molecule has 0 bridgehead atoms. The molecule has 2 aromatic rings. The van der Waals surface area contributed by atoms with Gasteiger partial charge in [0.1, 0.15) is 5.69 Å². The van der Waals surface area contributed by atoms with Crippen LogP contribution in [-0.2, 0) is 24.6 Å². The molecular weight excluding hydrogens is 364 g/mol. The number of aliphatic hydroxyl groups is 3. The molecule has 0 atom stereocenters. The lowest BCUT2D eigenvalue weighted by molar-refractivity contribution is 0.0520. The third kappa shape index (κ3) is 3.58. The standard InChI is InChI=1S/C17H19ClN2O6/c1-2-26-17(24)16-15(18)14(13(20-16)5-19-25)10-4-3-9(6-21)11(7-22)12(10)8-23/h3-5,20-23,25H,2,6-8H2,1H3. The number of carbonyl (C=O) groups is 1. The molecule has 1 aromatic carbocycles. The molecule has 0 aliphatic heterocycles. The molecule has 0 saturated carbocycles. The van der Waals surface area contributed by atoms with Gasteiger partial charge in [-0.25, -0.2) is 4.79 Å². The number of ether oxygens (including phenoxy) is 1. The molecule has 0 radical (unpaired) electrons. The van der Waals surface area contributed by atoms with Crippen LogP contribution in [0.1, 0.15) is 39.8 Å². The molecule has 0 fully saturated rings. The molecule has 26 heavy (non-hydrogen) atoms. The van der Waals surface area contributed by atoms with Crippen LogP contribution < -0.4 is 0 Å². The van der Waals surface area contributed by atoms with Gasteiger partial charge in [0, 0.05) is 5.56 Å². The van der Waals surface area contributed by atoms with Crippen molar-refractivity contribution < 1.29 is 30.1 Å². The van der Waals surface area contributed by atoms with Crippen LogP contribution >= 0.6 is 11.6 Å². The van der Waals surface area contributed by atoms with Crippen LogP contribution in [0.2, 0.25) is 5.02 Å².